The van der Waals surface area contributed by atoms with Crippen molar-refractivity contribution in [1.29, 1.82) is 0 Å². The highest BCUT2D eigenvalue weighted by Gasteiger charge is 2.15. The van der Waals surface area contributed by atoms with Crippen molar-refractivity contribution in [2.45, 2.75) is 0 Å². The molecule has 0 saturated carbocycles. The smallest absolute Gasteiger partial charge is 0.355 e. The maximum atomic E-state index is 13.2. The van der Waals surface area contributed by atoms with Gasteiger partial charge in [-0.2, -0.15) is 0 Å². The van der Waals surface area contributed by atoms with Crippen LogP contribution in [0, 0.1) is 5.82 Å². The van der Waals surface area contributed by atoms with E-state index in [1.807, 2.05) is 0 Å². The standard InChI is InChI=1S/C12H9FN2O3/c13-8-5-6(1-3-9(8)16)7-2-4-10(14)15-11(7)12(17)18/h1-5,16H,(H2,14,15)(H,17,18). The highest BCUT2D eigenvalue weighted by molar-refractivity contribution is 5.94. The molecule has 0 unspecified atom stereocenters. The van der Waals surface area contributed by atoms with Crippen molar-refractivity contribution in [2.24, 2.45) is 0 Å². The summed E-state index contributed by atoms with van der Waals surface area (Å²) in [5, 5.41) is 18.1. The molecule has 2 rings (SSSR count). The van der Waals surface area contributed by atoms with Gasteiger partial charge in [0.05, 0.1) is 0 Å². The zero-order valence-electron chi connectivity index (χ0n) is 9.09. The van der Waals surface area contributed by atoms with Crippen LogP contribution in [-0.2, 0) is 0 Å². The van der Waals surface area contributed by atoms with Crippen LogP contribution >= 0.6 is 0 Å². The second-order valence-corrected chi connectivity index (χ2v) is 3.60. The first-order valence-electron chi connectivity index (χ1n) is 4.97. The molecule has 5 nitrogen and oxygen atoms in total. The largest absolute Gasteiger partial charge is 0.505 e. The Bertz CT molecular complexity index is 629. The molecule has 0 saturated heterocycles. The van der Waals surface area contributed by atoms with Gasteiger partial charge in [0.15, 0.2) is 17.3 Å². The van der Waals surface area contributed by atoms with E-state index in [9.17, 15) is 9.18 Å². The molecular formula is C12H9FN2O3. The van der Waals surface area contributed by atoms with Crippen molar-refractivity contribution in [3.8, 4) is 16.9 Å². The third-order valence-corrected chi connectivity index (χ3v) is 2.38. The fourth-order valence-electron chi connectivity index (χ4n) is 1.54. The number of aromatic carboxylic acids is 1. The van der Waals surface area contributed by atoms with Crippen LogP contribution in [0.15, 0.2) is 30.3 Å². The molecule has 1 aromatic carbocycles. The Balaban J connectivity index is 2.63. The van der Waals surface area contributed by atoms with Crippen LogP contribution in [0.25, 0.3) is 11.1 Å². The third kappa shape index (κ3) is 2.08. The predicted octanol–water partition coefficient (Wildman–Crippen LogP) is 1.87. The Kier molecular flexibility index (Phi) is 2.85. The Labute approximate surface area is 101 Å². The number of hydrogen-bond donors (Lipinski definition) is 3. The van der Waals surface area contributed by atoms with E-state index in [1.54, 1.807) is 0 Å². The number of carboxylic acid groups (broad SMARTS) is 1. The zero-order chi connectivity index (χ0) is 13.3. The Morgan fingerprint density at radius 3 is 2.61 bits per heavy atom. The highest BCUT2D eigenvalue weighted by atomic mass is 19.1. The molecule has 0 amide bonds. The summed E-state index contributed by atoms with van der Waals surface area (Å²) in [5.74, 6) is -2.53. The molecule has 92 valence electrons. The second kappa shape index (κ2) is 4.33. The van der Waals surface area contributed by atoms with Gasteiger partial charge < -0.3 is 15.9 Å². The molecule has 0 aliphatic carbocycles. The van der Waals surface area contributed by atoms with Crippen molar-refractivity contribution in [3.05, 3.63) is 41.8 Å². The number of phenolic OH excluding ortho intramolecular Hbond substituents is 1. The number of aromatic hydroxyl groups is 1. The zero-order valence-corrected chi connectivity index (χ0v) is 9.09. The predicted molar refractivity (Wildman–Crippen MR) is 62.7 cm³/mol. The molecule has 6 heteroatoms. The van der Waals surface area contributed by atoms with E-state index >= 15 is 0 Å². The van der Waals surface area contributed by atoms with Gasteiger partial charge in [0.2, 0.25) is 0 Å². The minimum atomic E-state index is -1.26. The van der Waals surface area contributed by atoms with E-state index < -0.39 is 17.5 Å². The lowest BCUT2D eigenvalue weighted by Crippen LogP contribution is -2.05. The lowest BCUT2D eigenvalue weighted by molar-refractivity contribution is 0.0691. The highest BCUT2D eigenvalue weighted by Crippen LogP contribution is 2.27. The number of nitrogen functional groups attached to an aromatic ring is 1. The summed E-state index contributed by atoms with van der Waals surface area (Å²) in [6.07, 6.45) is 0. The summed E-state index contributed by atoms with van der Waals surface area (Å²) in [6.45, 7) is 0. The number of carboxylic acids is 1. The Morgan fingerprint density at radius 2 is 2.00 bits per heavy atom. The van der Waals surface area contributed by atoms with Crippen LogP contribution in [0.5, 0.6) is 5.75 Å². The van der Waals surface area contributed by atoms with Gasteiger partial charge in [0.1, 0.15) is 5.82 Å². The molecular weight excluding hydrogens is 239 g/mol. The molecule has 0 radical (unpaired) electrons. The first-order valence-corrected chi connectivity index (χ1v) is 4.97. The van der Waals surface area contributed by atoms with Gasteiger partial charge in [-0.1, -0.05) is 6.07 Å². The van der Waals surface area contributed by atoms with E-state index in [1.165, 1.54) is 18.2 Å². The fraction of sp³-hybridized carbons (Fsp3) is 0. The summed E-state index contributed by atoms with van der Waals surface area (Å²) in [4.78, 5) is 14.7. The van der Waals surface area contributed by atoms with Crippen LogP contribution < -0.4 is 5.73 Å². The van der Waals surface area contributed by atoms with Crippen molar-refractivity contribution < 1.29 is 19.4 Å². The van der Waals surface area contributed by atoms with E-state index in [4.69, 9.17) is 15.9 Å². The molecule has 0 fully saturated rings. The minimum absolute atomic E-state index is 0.0652. The van der Waals surface area contributed by atoms with Crippen molar-refractivity contribution in [1.82, 2.24) is 4.98 Å². The van der Waals surface area contributed by atoms with Gasteiger partial charge in [-0.15, -0.1) is 0 Å². The first kappa shape index (κ1) is 11.8. The van der Waals surface area contributed by atoms with Gasteiger partial charge in [-0.05, 0) is 29.8 Å². The number of pyridine rings is 1. The van der Waals surface area contributed by atoms with Gasteiger partial charge in [-0.3, -0.25) is 0 Å². The summed E-state index contributed by atoms with van der Waals surface area (Å²) in [6, 6.07) is 6.45. The van der Waals surface area contributed by atoms with Gasteiger partial charge >= 0.3 is 5.97 Å². The molecule has 0 aliphatic heterocycles. The number of phenols is 1. The Morgan fingerprint density at radius 1 is 1.28 bits per heavy atom. The number of rotatable bonds is 2. The molecule has 0 bridgehead atoms. The van der Waals surface area contributed by atoms with E-state index in [2.05, 4.69) is 4.98 Å². The van der Waals surface area contributed by atoms with Crippen molar-refractivity contribution in [2.75, 3.05) is 5.73 Å². The molecule has 18 heavy (non-hydrogen) atoms. The van der Waals surface area contributed by atoms with E-state index in [0.717, 1.165) is 12.1 Å². The van der Waals surface area contributed by atoms with Crippen molar-refractivity contribution >= 4 is 11.8 Å². The van der Waals surface area contributed by atoms with Crippen LogP contribution in [-0.4, -0.2) is 21.2 Å². The van der Waals surface area contributed by atoms with Gasteiger partial charge in [0.25, 0.3) is 0 Å². The quantitative estimate of drug-likeness (QED) is 0.753. The summed E-state index contributed by atoms with van der Waals surface area (Å²) in [5.41, 5.74) is 5.68. The molecule has 0 spiro atoms. The number of aromatic nitrogens is 1. The number of hydrogen-bond acceptors (Lipinski definition) is 4. The van der Waals surface area contributed by atoms with Crippen LogP contribution in [0.3, 0.4) is 0 Å². The fourth-order valence-corrected chi connectivity index (χ4v) is 1.54. The molecule has 2 aromatic rings. The molecule has 1 heterocycles. The van der Waals surface area contributed by atoms with Gasteiger partial charge in [0, 0.05) is 5.56 Å². The maximum absolute atomic E-state index is 13.2. The van der Waals surface area contributed by atoms with Gasteiger partial charge in [-0.25, -0.2) is 14.2 Å². The number of anilines is 1. The van der Waals surface area contributed by atoms with Crippen LogP contribution in [0.2, 0.25) is 0 Å². The lowest BCUT2D eigenvalue weighted by Gasteiger charge is -2.07. The van der Waals surface area contributed by atoms with E-state index in [-0.39, 0.29) is 17.1 Å². The topological polar surface area (TPSA) is 96.4 Å². The second-order valence-electron chi connectivity index (χ2n) is 3.60. The average molecular weight is 248 g/mol. The number of nitrogens with two attached hydrogens (primary N) is 1. The van der Waals surface area contributed by atoms with Crippen molar-refractivity contribution in [3.63, 3.8) is 0 Å². The number of carbonyl (C=O) groups is 1. The Hall–Kier alpha value is -2.63. The first-order chi connectivity index (χ1) is 8.49. The van der Waals surface area contributed by atoms with Crippen LogP contribution in [0.1, 0.15) is 10.5 Å². The normalized spacial score (nSPS) is 10.3. The molecule has 0 atom stereocenters. The SMILES string of the molecule is Nc1ccc(-c2ccc(O)c(F)c2)c(C(=O)O)n1. The summed E-state index contributed by atoms with van der Waals surface area (Å²) >= 11 is 0. The van der Waals surface area contributed by atoms with Crippen LogP contribution in [0.4, 0.5) is 10.2 Å². The summed E-state index contributed by atoms with van der Waals surface area (Å²) in [7, 11) is 0. The summed E-state index contributed by atoms with van der Waals surface area (Å²) < 4.78 is 13.2. The number of halogens is 1. The molecule has 0 aliphatic rings. The average Bonchev–Trinajstić information content (AvgIpc) is 2.32. The molecule has 1 aromatic heterocycles. The maximum Gasteiger partial charge on any atom is 0.355 e. The van der Waals surface area contributed by atoms with E-state index in [0.29, 0.717) is 5.56 Å². The lowest BCUT2D eigenvalue weighted by atomic mass is 10.0. The third-order valence-electron chi connectivity index (χ3n) is 2.38. The minimum Gasteiger partial charge on any atom is -0.505 e. The number of nitrogens with zero attached hydrogens (tertiary/aromatic N) is 1. The monoisotopic (exact) mass is 248 g/mol. The number of benzene rings is 1. The molecule has 4 N–H and O–H groups in total.